The highest BCUT2D eigenvalue weighted by Crippen LogP contribution is 2.18. The van der Waals surface area contributed by atoms with Crippen LogP contribution in [0.25, 0.3) is 0 Å². The molecule has 0 radical (unpaired) electrons. The molecule has 0 aliphatic heterocycles. The fraction of sp³-hybridized carbons (Fsp3) is 0.389. The standard InChI is InChI=1S/C18H25N5O/c1-13(2)19-18(24)20-16-10-11-17(22-21-16)23(14(3)4)12-15-8-6-5-7-9-15/h5-11,13-14H,12H2,1-4H3,(H2,19,20,21,24). The molecule has 0 aliphatic rings. The van der Waals surface area contributed by atoms with Crippen LogP contribution in [-0.2, 0) is 6.54 Å². The lowest BCUT2D eigenvalue weighted by Crippen LogP contribution is -2.34. The molecule has 1 heterocycles. The van der Waals surface area contributed by atoms with Crippen molar-refractivity contribution in [3.8, 4) is 0 Å². The van der Waals surface area contributed by atoms with Crippen molar-refractivity contribution >= 4 is 17.7 Å². The zero-order valence-corrected chi connectivity index (χ0v) is 14.7. The van der Waals surface area contributed by atoms with Gasteiger partial charge in [0.25, 0.3) is 0 Å². The summed E-state index contributed by atoms with van der Waals surface area (Å²) < 4.78 is 0. The molecule has 2 aromatic rings. The van der Waals surface area contributed by atoms with Gasteiger partial charge in [0, 0.05) is 18.6 Å². The zero-order valence-electron chi connectivity index (χ0n) is 14.7. The number of benzene rings is 1. The maximum atomic E-state index is 11.7. The molecule has 0 saturated carbocycles. The number of anilines is 2. The Bertz CT molecular complexity index is 640. The van der Waals surface area contributed by atoms with Gasteiger partial charge >= 0.3 is 6.03 Å². The van der Waals surface area contributed by atoms with E-state index in [0.717, 1.165) is 12.4 Å². The maximum absolute atomic E-state index is 11.7. The Morgan fingerprint density at radius 1 is 1.04 bits per heavy atom. The lowest BCUT2D eigenvalue weighted by atomic mass is 10.2. The van der Waals surface area contributed by atoms with Crippen LogP contribution in [0.4, 0.5) is 16.4 Å². The first kappa shape index (κ1) is 17.7. The Balaban J connectivity index is 2.07. The van der Waals surface area contributed by atoms with Gasteiger partial charge in [0.1, 0.15) is 0 Å². The average Bonchev–Trinajstić information content (AvgIpc) is 2.53. The number of hydrogen-bond acceptors (Lipinski definition) is 4. The molecule has 2 amide bonds. The van der Waals surface area contributed by atoms with Crippen LogP contribution in [0.1, 0.15) is 33.3 Å². The van der Waals surface area contributed by atoms with Crippen molar-refractivity contribution in [1.29, 1.82) is 0 Å². The number of aromatic nitrogens is 2. The van der Waals surface area contributed by atoms with E-state index in [1.54, 1.807) is 6.07 Å². The Kier molecular flexibility index (Phi) is 6.12. The number of nitrogens with zero attached hydrogens (tertiary/aromatic N) is 3. The van der Waals surface area contributed by atoms with E-state index >= 15 is 0 Å². The minimum absolute atomic E-state index is 0.0690. The average molecular weight is 327 g/mol. The first-order valence-electron chi connectivity index (χ1n) is 8.17. The van der Waals surface area contributed by atoms with Crippen molar-refractivity contribution in [2.75, 3.05) is 10.2 Å². The second-order valence-electron chi connectivity index (χ2n) is 6.24. The third-order valence-electron chi connectivity index (χ3n) is 3.43. The normalized spacial score (nSPS) is 10.8. The Hall–Kier alpha value is -2.63. The van der Waals surface area contributed by atoms with Gasteiger partial charge in [0.2, 0.25) is 0 Å². The summed E-state index contributed by atoms with van der Waals surface area (Å²) in [4.78, 5) is 13.9. The van der Waals surface area contributed by atoms with Crippen molar-refractivity contribution in [3.05, 3.63) is 48.0 Å². The molecule has 6 nitrogen and oxygen atoms in total. The van der Waals surface area contributed by atoms with E-state index in [1.807, 2.05) is 38.1 Å². The van der Waals surface area contributed by atoms with Gasteiger partial charge in [-0.05, 0) is 45.4 Å². The first-order chi connectivity index (χ1) is 11.5. The molecule has 1 aromatic carbocycles. The van der Waals surface area contributed by atoms with Crippen LogP contribution in [0.3, 0.4) is 0 Å². The number of nitrogens with one attached hydrogen (secondary N) is 2. The van der Waals surface area contributed by atoms with Crippen LogP contribution in [0.15, 0.2) is 42.5 Å². The van der Waals surface area contributed by atoms with Gasteiger partial charge < -0.3 is 10.2 Å². The van der Waals surface area contributed by atoms with Crippen LogP contribution in [0.5, 0.6) is 0 Å². The van der Waals surface area contributed by atoms with E-state index in [0.29, 0.717) is 5.82 Å². The van der Waals surface area contributed by atoms with E-state index in [4.69, 9.17) is 0 Å². The fourth-order valence-corrected chi connectivity index (χ4v) is 2.27. The van der Waals surface area contributed by atoms with Crippen LogP contribution < -0.4 is 15.5 Å². The summed E-state index contributed by atoms with van der Waals surface area (Å²) >= 11 is 0. The molecular formula is C18H25N5O. The molecule has 0 fully saturated rings. The molecule has 1 aromatic heterocycles. The number of carbonyl (C=O) groups excluding carboxylic acids is 1. The molecule has 2 rings (SSSR count). The van der Waals surface area contributed by atoms with Crippen molar-refractivity contribution in [2.24, 2.45) is 0 Å². The molecule has 0 bridgehead atoms. The Labute approximate surface area is 143 Å². The van der Waals surface area contributed by atoms with Gasteiger partial charge in [-0.3, -0.25) is 5.32 Å². The highest BCUT2D eigenvalue weighted by molar-refractivity contribution is 5.88. The van der Waals surface area contributed by atoms with Crippen molar-refractivity contribution < 1.29 is 4.79 Å². The maximum Gasteiger partial charge on any atom is 0.320 e. The second-order valence-corrected chi connectivity index (χ2v) is 6.24. The van der Waals surface area contributed by atoms with Gasteiger partial charge in [0.15, 0.2) is 11.6 Å². The highest BCUT2D eigenvalue weighted by atomic mass is 16.2. The summed E-state index contributed by atoms with van der Waals surface area (Å²) in [5, 5.41) is 13.8. The predicted molar refractivity (Wildman–Crippen MR) is 97.1 cm³/mol. The summed E-state index contributed by atoms with van der Waals surface area (Å²) in [6, 6.07) is 14.0. The van der Waals surface area contributed by atoms with Crippen molar-refractivity contribution in [1.82, 2.24) is 15.5 Å². The lowest BCUT2D eigenvalue weighted by Gasteiger charge is -2.27. The molecule has 6 heteroatoms. The smallest absolute Gasteiger partial charge is 0.320 e. The number of rotatable bonds is 6. The predicted octanol–water partition coefficient (Wildman–Crippen LogP) is 3.42. The summed E-state index contributed by atoms with van der Waals surface area (Å²) in [6.07, 6.45) is 0. The number of carbonyl (C=O) groups is 1. The van der Waals surface area contributed by atoms with Gasteiger partial charge in [0.05, 0.1) is 0 Å². The molecule has 0 spiro atoms. The Morgan fingerprint density at radius 3 is 2.29 bits per heavy atom. The summed E-state index contributed by atoms with van der Waals surface area (Å²) in [5.41, 5.74) is 1.21. The van der Waals surface area contributed by atoms with Gasteiger partial charge in [-0.1, -0.05) is 30.3 Å². The summed E-state index contributed by atoms with van der Waals surface area (Å²) in [5.74, 6) is 1.21. The van der Waals surface area contributed by atoms with Crippen LogP contribution in [0, 0.1) is 0 Å². The third kappa shape index (κ3) is 5.22. The highest BCUT2D eigenvalue weighted by Gasteiger charge is 2.14. The lowest BCUT2D eigenvalue weighted by molar-refractivity contribution is 0.250. The van der Waals surface area contributed by atoms with Crippen LogP contribution in [-0.4, -0.2) is 28.3 Å². The van der Waals surface area contributed by atoms with Crippen molar-refractivity contribution in [3.63, 3.8) is 0 Å². The van der Waals surface area contributed by atoms with E-state index < -0.39 is 0 Å². The molecule has 24 heavy (non-hydrogen) atoms. The fourth-order valence-electron chi connectivity index (χ4n) is 2.27. The van der Waals surface area contributed by atoms with Crippen molar-refractivity contribution in [2.45, 2.75) is 46.3 Å². The van der Waals surface area contributed by atoms with Crippen LogP contribution in [0.2, 0.25) is 0 Å². The summed E-state index contributed by atoms with van der Waals surface area (Å²) in [6.45, 7) is 8.80. The molecule has 0 aliphatic carbocycles. The van der Waals surface area contributed by atoms with Gasteiger partial charge in [-0.2, -0.15) is 0 Å². The SMILES string of the molecule is CC(C)NC(=O)Nc1ccc(N(Cc2ccccc2)C(C)C)nn1. The minimum Gasteiger partial charge on any atom is -0.348 e. The number of urea groups is 1. The zero-order chi connectivity index (χ0) is 17.5. The number of amides is 2. The molecule has 2 N–H and O–H groups in total. The number of hydrogen-bond donors (Lipinski definition) is 2. The first-order valence-corrected chi connectivity index (χ1v) is 8.17. The largest absolute Gasteiger partial charge is 0.348 e. The monoisotopic (exact) mass is 327 g/mol. The topological polar surface area (TPSA) is 70.2 Å². The molecular weight excluding hydrogens is 302 g/mol. The van der Waals surface area contributed by atoms with Gasteiger partial charge in [-0.15, -0.1) is 10.2 Å². The third-order valence-corrected chi connectivity index (χ3v) is 3.43. The van der Waals surface area contributed by atoms with Crippen LogP contribution >= 0.6 is 0 Å². The quantitative estimate of drug-likeness (QED) is 0.853. The van der Waals surface area contributed by atoms with E-state index in [9.17, 15) is 4.79 Å². The van der Waals surface area contributed by atoms with E-state index in [2.05, 4.69) is 51.7 Å². The molecule has 0 unspecified atom stereocenters. The Morgan fingerprint density at radius 2 is 1.75 bits per heavy atom. The second kappa shape index (κ2) is 8.29. The van der Waals surface area contributed by atoms with Gasteiger partial charge in [-0.25, -0.2) is 4.79 Å². The molecule has 128 valence electrons. The summed E-state index contributed by atoms with van der Waals surface area (Å²) in [7, 11) is 0. The van der Waals surface area contributed by atoms with E-state index in [1.165, 1.54) is 5.56 Å². The molecule has 0 atom stereocenters. The minimum atomic E-state index is -0.281. The van der Waals surface area contributed by atoms with E-state index in [-0.39, 0.29) is 18.1 Å². The molecule has 0 saturated heterocycles.